The molecular formula is C25H21N5O2. The number of nitrogens with one attached hydrogen (secondary N) is 1. The lowest BCUT2D eigenvalue weighted by Gasteiger charge is -2.09. The maximum atomic E-state index is 13.4. The third-order valence-corrected chi connectivity index (χ3v) is 5.46. The van der Waals surface area contributed by atoms with Crippen molar-refractivity contribution in [2.45, 2.75) is 19.6 Å². The zero-order valence-corrected chi connectivity index (χ0v) is 17.3. The van der Waals surface area contributed by atoms with Crippen molar-refractivity contribution in [2.24, 2.45) is 0 Å². The number of benzene rings is 2. The first-order valence-electron chi connectivity index (χ1n) is 10.4. The molecule has 0 radical (unpaired) electrons. The number of aromatic nitrogens is 4. The molecule has 0 bridgehead atoms. The molecule has 1 amide bonds. The zero-order chi connectivity index (χ0) is 21.9. The van der Waals surface area contributed by atoms with E-state index in [0.29, 0.717) is 18.6 Å². The van der Waals surface area contributed by atoms with Crippen LogP contribution in [0.5, 0.6) is 0 Å². The van der Waals surface area contributed by atoms with E-state index in [1.165, 1.54) is 4.68 Å². The maximum Gasteiger partial charge on any atom is 0.291 e. The molecule has 1 N–H and O–H groups in total. The molecule has 2 aromatic carbocycles. The van der Waals surface area contributed by atoms with Gasteiger partial charge in [-0.25, -0.2) is 4.68 Å². The van der Waals surface area contributed by atoms with E-state index in [-0.39, 0.29) is 18.0 Å². The average Bonchev–Trinajstić information content (AvgIpc) is 3.15. The number of carbonyl (C=O) groups excluding carboxylic acids is 1. The average molecular weight is 423 g/mol. The number of para-hydroxylation sites is 1. The van der Waals surface area contributed by atoms with Gasteiger partial charge in [0.2, 0.25) is 5.91 Å². The Kier molecular flexibility index (Phi) is 5.21. The predicted octanol–water partition coefficient (Wildman–Crippen LogP) is 3.11. The van der Waals surface area contributed by atoms with Gasteiger partial charge >= 0.3 is 0 Å². The summed E-state index contributed by atoms with van der Waals surface area (Å²) in [5.74, 6) is -0.284. The number of nitrogens with zero attached hydrogens (tertiary/aromatic N) is 4. The van der Waals surface area contributed by atoms with Crippen LogP contribution in [-0.4, -0.2) is 25.2 Å². The minimum atomic E-state index is -0.286. The molecule has 0 saturated carbocycles. The van der Waals surface area contributed by atoms with Crippen LogP contribution in [0.2, 0.25) is 0 Å². The Bertz CT molecular complexity index is 1460. The van der Waals surface area contributed by atoms with E-state index in [1.807, 2.05) is 71.3 Å². The fourth-order valence-electron chi connectivity index (χ4n) is 3.93. The summed E-state index contributed by atoms with van der Waals surface area (Å²) in [5.41, 5.74) is 3.20. The predicted molar refractivity (Wildman–Crippen MR) is 123 cm³/mol. The minimum absolute atomic E-state index is 0.151. The van der Waals surface area contributed by atoms with E-state index in [2.05, 4.69) is 15.4 Å². The molecule has 158 valence electrons. The van der Waals surface area contributed by atoms with E-state index < -0.39 is 0 Å². The van der Waals surface area contributed by atoms with Gasteiger partial charge in [-0.15, -0.1) is 0 Å². The monoisotopic (exact) mass is 423 g/mol. The Labute approximate surface area is 183 Å². The van der Waals surface area contributed by atoms with Crippen LogP contribution in [-0.2, 0) is 24.4 Å². The molecule has 0 spiro atoms. The van der Waals surface area contributed by atoms with Crippen molar-refractivity contribution >= 4 is 27.7 Å². The molecule has 3 aromatic heterocycles. The second-order valence-corrected chi connectivity index (χ2v) is 7.60. The van der Waals surface area contributed by atoms with Crippen molar-refractivity contribution in [2.75, 3.05) is 0 Å². The third-order valence-electron chi connectivity index (χ3n) is 5.46. The van der Waals surface area contributed by atoms with Crippen molar-refractivity contribution in [1.82, 2.24) is 24.6 Å². The minimum Gasteiger partial charge on any atom is -0.350 e. The van der Waals surface area contributed by atoms with E-state index in [0.717, 1.165) is 27.4 Å². The molecule has 0 fully saturated rings. The van der Waals surface area contributed by atoms with E-state index in [1.54, 1.807) is 18.6 Å². The standard InChI is InChI=1S/C25H21N5O2/c31-23(27-14-19-9-6-12-26-13-19)17-30-25(32)24-21(15-28-30)20-10-4-5-11-22(20)29(24)16-18-7-2-1-3-8-18/h1-13,15H,14,16-17H2,(H,27,31). The first-order valence-corrected chi connectivity index (χ1v) is 10.4. The first kappa shape index (κ1) is 19.7. The molecule has 5 aromatic rings. The molecule has 5 rings (SSSR count). The third kappa shape index (κ3) is 3.76. The summed E-state index contributed by atoms with van der Waals surface area (Å²) in [6.45, 7) is 0.747. The fraction of sp³-hybridized carbons (Fsp3) is 0.120. The summed E-state index contributed by atoms with van der Waals surface area (Å²) in [5, 5.41) is 8.86. The molecule has 32 heavy (non-hydrogen) atoms. The molecule has 0 atom stereocenters. The number of hydrogen-bond donors (Lipinski definition) is 1. The molecule has 7 heteroatoms. The van der Waals surface area contributed by atoms with Gasteiger partial charge in [-0.1, -0.05) is 54.6 Å². The highest BCUT2D eigenvalue weighted by atomic mass is 16.2. The van der Waals surface area contributed by atoms with Crippen LogP contribution < -0.4 is 10.9 Å². The first-order chi connectivity index (χ1) is 15.7. The van der Waals surface area contributed by atoms with Crippen LogP contribution in [0.1, 0.15) is 11.1 Å². The lowest BCUT2D eigenvalue weighted by molar-refractivity contribution is -0.122. The molecule has 0 unspecified atom stereocenters. The van der Waals surface area contributed by atoms with Gasteiger partial charge in [0.25, 0.3) is 5.56 Å². The topological polar surface area (TPSA) is 81.8 Å². The van der Waals surface area contributed by atoms with Gasteiger partial charge in [0, 0.05) is 41.8 Å². The summed E-state index contributed by atoms with van der Waals surface area (Å²) in [7, 11) is 0. The summed E-state index contributed by atoms with van der Waals surface area (Å²) in [4.78, 5) is 29.9. The van der Waals surface area contributed by atoms with Crippen molar-refractivity contribution in [3.05, 3.63) is 107 Å². The number of carbonyl (C=O) groups is 1. The Morgan fingerprint density at radius 3 is 2.47 bits per heavy atom. The Hall–Kier alpha value is -4.26. The second kappa shape index (κ2) is 8.47. The lowest BCUT2D eigenvalue weighted by Crippen LogP contribution is -2.33. The second-order valence-electron chi connectivity index (χ2n) is 7.60. The van der Waals surface area contributed by atoms with Crippen molar-refractivity contribution < 1.29 is 4.79 Å². The van der Waals surface area contributed by atoms with Crippen LogP contribution in [0.15, 0.2) is 90.1 Å². The highest BCUT2D eigenvalue weighted by molar-refractivity contribution is 6.07. The van der Waals surface area contributed by atoms with E-state index in [4.69, 9.17) is 0 Å². The number of fused-ring (bicyclic) bond motifs is 3. The summed E-state index contributed by atoms with van der Waals surface area (Å²) in [6.07, 6.45) is 5.05. The van der Waals surface area contributed by atoms with Gasteiger partial charge in [-0.2, -0.15) is 5.10 Å². The smallest absolute Gasteiger partial charge is 0.291 e. The molecule has 3 heterocycles. The lowest BCUT2D eigenvalue weighted by atomic mass is 10.2. The largest absolute Gasteiger partial charge is 0.350 e. The molecule has 0 aliphatic heterocycles. The van der Waals surface area contributed by atoms with Gasteiger partial charge in [0.15, 0.2) is 0 Å². The highest BCUT2D eigenvalue weighted by Gasteiger charge is 2.17. The van der Waals surface area contributed by atoms with Crippen molar-refractivity contribution in [1.29, 1.82) is 0 Å². The van der Waals surface area contributed by atoms with Crippen LogP contribution in [0, 0.1) is 0 Å². The molecule has 0 aliphatic carbocycles. The van der Waals surface area contributed by atoms with E-state index in [9.17, 15) is 9.59 Å². The highest BCUT2D eigenvalue weighted by Crippen LogP contribution is 2.27. The van der Waals surface area contributed by atoms with Gasteiger partial charge in [0.1, 0.15) is 12.1 Å². The summed E-state index contributed by atoms with van der Waals surface area (Å²) in [6, 6.07) is 21.6. The summed E-state index contributed by atoms with van der Waals surface area (Å²) < 4.78 is 3.23. The molecule has 7 nitrogen and oxygen atoms in total. The number of hydrogen-bond acceptors (Lipinski definition) is 4. The molecular weight excluding hydrogens is 402 g/mol. The van der Waals surface area contributed by atoms with Gasteiger partial charge < -0.3 is 9.88 Å². The van der Waals surface area contributed by atoms with Gasteiger partial charge in [-0.3, -0.25) is 14.6 Å². The number of rotatable bonds is 6. The van der Waals surface area contributed by atoms with Crippen molar-refractivity contribution in [3.63, 3.8) is 0 Å². The normalized spacial score (nSPS) is 11.1. The summed E-state index contributed by atoms with van der Waals surface area (Å²) >= 11 is 0. The Morgan fingerprint density at radius 2 is 1.66 bits per heavy atom. The van der Waals surface area contributed by atoms with Crippen LogP contribution in [0.4, 0.5) is 0 Å². The van der Waals surface area contributed by atoms with E-state index >= 15 is 0 Å². The Balaban J connectivity index is 1.51. The van der Waals surface area contributed by atoms with Gasteiger partial charge in [-0.05, 0) is 23.3 Å². The molecule has 0 aliphatic rings. The van der Waals surface area contributed by atoms with Gasteiger partial charge in [0.05, 0.1) is 6.20 Å². The van der Waals surface area contributed by atoms with Crippen LogP contribution in [0.25, 0.3) is 21.8 Å². The number of amides is 1. The van der Waals surface area contributed by atoms with Crippen LogP contribution >= 0.6 is 0 Å². The molecule has 0 saturated heterocycles. The quantitative estimate of drug-likeness (QED) is 0.455. The zero-order valence-electron chi connectivity index (χ0n) is 17.3. The number of pyridine rings is 1. The SMILES string of the molecule is O=C(Cn1ncc2c3ccccc3n(Cc3ccccc3)c2c1=O)NCc1cccnc1. The van der Waals surface area contributed by atoms with Crippen LogP contribution in [0.3, 0.4) is 0 Å². The Morgan fingerprint density at radius 1 is 0.875 bits per heavy atom. The fourth-order valence-corrected chi connectivity index (χ4v) is 3.93. The maximum absolute atomic E-state index is 13.4. The van der Waals surface area contributed by atoms with Crippen molar-refractivity contribution in [3.8, 4) is 0 Å².